The number of carbonyl (C=O) groups excluding carboxylic acids is 1. The minimum atomic E-state index is -0.111. The van der Waals surface area contributed by atoms with Crippen LogP contribution in [-0.2, 0) is 4.79 Å². The van der Waals surface area contributed by atoms with Gasteiger partial charge < -0.3 is 11.1 Å². The molecule has 0 bridgehead atoms. The van der Waals surface area contributed by atoms with Crippen molar-refractivity contribution < 1.29 is 4.79 Å². The van der Waals surface area contributed by atoms with E-state index in [1.54, 1.807) is 18.5 Å². The van der Waals surface area contributed by atoms with Gasteiger partial charge in [0, 0.05) is 12.2 Å². The first-order chi connectivity index (χ1) is 8.18. The Morgan fingerprint density at radius 3 is 2.94 bits per heavy atom. The fourth-order valence-electron chi connectivity index (χ4n) is 2.18. The zero-order valence-electron chi connectivity index (χ0n) is 9.53. The average Bonchev–Trinajstić information content (AvgIpc) is 2.32. The molecule has 1 amide bonds. The smallest absolute Gasteiger partial charge is 0.229 e. The zero-order valence-corrected chi connectivity index (χ0v) is 10.3. The molecule has 5 heteroatoms. The minimum Gasteiger partial charge on any atom is -0.327 e. The zero-order chi connectivity index (χ0) is 12.3. The van der Waals surface area contributed by atoms with Crippen molar-refractivity contribution in [1.82, 2.24) is 4.98 Å². The van der Waals surface area contributed by atoms with Gasteiger partial charge in [0.15, 0.2) is 0 Å². The monoisotopic (exact) mass is 253 g/mol. The number of nitrogens with one attached hydrogen (secondary N) is 1. The van der Waals surface area contributed by atoms with Gasteiger partial charge in [0.2, 0.25) is 5.91 Å². The summed E-state index contributed by atoms with van der Waals surface area (Å²) in [6.45, 7) is 0. The molecule has 0 spiro atoms. The van der Waals surface area contributed by atoms with Gasteiger partial charge in [-0.3, -0.25) is 9.78 Å². The Balaban J connectivity index is 2.03. The van der Waals surface area contributed by atoms with Crippen LogP contribution >= 0.6 is 11.6 Å². The fourth-order valence-corrected chi connectivity index (χ4v) is 2.33. The van der Waals surface area contributed by atoms with Crippen LogP contribution in [-0.4, -0.2) is 16.9 Å². The number of aromatic nitrogens is 1. The van der Waals surface area contributed by atoms with Gasteiger partial charge in [-0.1, -0.05) is 24.4 Å². The normalized spacial score (nSPS) is 24.4. The molecule has 0 radical (unpaired) electrons. The van der Waals surface area contributed by atoms with Gasteiger partial charge in [-0.15, -0.1) is 0 Å². The van der Waals surface area contributed by atoms with Crippen molar-refractivity contribution in [3.8, 4) is 0 Å². The molecular weight excluding hydrogens is 238 g/mol. The molecule has 1 fully saturated rings. The number of nitrogens with two attached hydrogens (primary N) is 1. The van der Waals surface area contributed by atoms with E-state index >= 15 is 0 Å². The van der Waals surface area contributed by atoms with Crippen molar-refractivity contribution in [2.45, 2.75) is 31.7 Å². The van der Waals surface area contributed by atoms with Crippen molar-refractivity contribution in [1.29, 1.82) is 0 Å². The largest absolute Gasteiger partial charge is 0.327 e. The number of nitrogens with zero attached hydrogens (tertiary/aromatic N) is 1. The van der Waals surface area contributed by atoms with Crippen molar-refractivity contribution >= 4 is 23.2 Å². The molecule has 1 aromatic heterocycles. The fraction of sp³-hybridized carbons (Fsp3) is 0.500. The number of pyridine rings is 1. The van der Waals surface area contributed by atoms with Gasteiger partial charge in [-0.05, 0) is 18.9 Å². The van der Waals surface area contributed by atoms with Crippen LogP contribution in [0, 0.1) is 5.92 Å². The van der Waals surface area contributed by atoms with Crippen molar-refractivity contribution in [3.63, 3.8) is 0 Å². The van der Waals surface area contributed by atoms with E-state index in [4.69, 9.17) is 17.3 Å². The topological polar surface area (TPSA) is 68.0 Å². The highest BCUT2D eigenvalue weighted by Gasteiger charge is 2.28. The molecule has 3 N–H and O–H groups in total. The molecular formula is C12H16ClN3O. The third kappa shape index (κ3) is 2.96. The summed E-state index contributed by atoms with van der Waals surface area (Å²) < 4.78 is 0. The van der Waals surface area contributed by atoms with E-state index in [0.29, 0.717) is 10.7 Å². The van der Waals surface area contributed by atoms with Gasteiger partial charge in [0.25, 0.3) is 0 Å². The Morgan fingerprint density at radius 2 is 2.24 bits per heavy atom. The summed E-state index contributed by atoms with van der Waals surface area (Å²) in [4.78, 5) is 16.0. The molecule has 1 aliphatic carbocycles. The van der Waals surface area contributed by atoms with E-state index in [0.717, 1.165) is 25.7 Å². The van der Waals surface area contributed by atoms with Crippen LogP contribution in [0.2, 0.25) is 5.02 Å². The molecule has 1 heterocycles. The molecule has 92 valence electrons. The summed E-state index contributed by atoms with van der Waals surface area (Å²) in [5, 5.41) is 3.29. The van der Waals surface area contributed by atoms with E-state index in [1.807, 2.05) is 0 Å². The predicted octanol–water partition coefficient (Wildman–Crippen LogP) is 2.19. The maximum absolute atomic E-state index is 12.1. The van der Waals surface area contributed by atoms with E-state index in [9.17, 15) is 4.79 Å². The molecule has 1 aromatic rings. The van der Waals surface area contributed by atoms with Crippen molar-refractivity contribution in [2.24, 2.45) is 11.7 Å². The van der Waals surface area contributed by atoms with Crippen LogP contribution in [0.15, 0.2) is 18.5 Å². The first-order valence-corrected chi connectivity index (χ1v) is 6.22. The van der Waals surface area contributed by atoms with Gasteiger partial charge in [-0.2, -0.15) is 0 Å². The first-order valence-electron chi connectivity index (χ1n) is 5.84. The van der Waals surface area contributed by atoms with Crippen LogP contribution in [0.3, 0.4) is 0 Å². The van der Waals surface area contributed by atoms with Gasteiger partial charge in [0.1, 0.15) is 0 Å². The number of rotatable bonds is 2. The number of hydrogen-bond acceptors (Lipinski definition) is 3. The van der Waals surface area contributed by atoms with Crippen LogP contribution in [0.4, 0.5) is 5.69 Å². The van der Waals surface area contributed by atoms with Crippen LogP contribution in [0.1, 0.15) is 25.7 Å². The van der Waals surface area contributed by atoms with Gasteiger partial charge >= 0.3 is 0 Å². The van der Waals surface area contributed by atoms with Crippen LogP contribution < -0.4 is 11.1 Å². The van der Waals surface area contributed by atoms with E-state index in [1.165, 1.54) is 0 Å². The molecule has 0 aromatic carbocycles. The Labute approximate surface area is 106 Å². The molecule has 1 saturated carbocycles. The SMILES string of the molecule is NC1CCCCC1C(=O)Nc1cnccc1Cl. The number of anilines is 1. The summed E-state index contributed by atoms with van der Waals surface area (Å²) in [6.07, 6.45) is 7.08. The van der Waals surface area contributed by atoms with Gasteiger partial charge in [0.05, 0.1) is 22.8 Å². The summed E-state index contributed by atoms with van der Waals surface area (Å²) in [5.41, 5.74) is 6.51. The quantitative estimate of drug-likeness (QED) is 0.849. The first kappa shape index (κ1) is 12.3. The summed E-state index contributed by atoms with van der Waals surface area (Å²) >= 11 is 5.96. The molecule has 2 atom stereocenters. The second kappa shape index (κ2) is 5.47. The second-order valence-corrected chi connectivity index (χ2v) is 4.81. The third-order valence-electron chi connectivity index (χ3n) is 3.18. The molecule has 0 saturated heterocycles. The third-order valence-corrected chi connectivity index (χ3v) is 3.51. The lowest BCUT2D eigenvalue weighted by Gasteiger charge is -2.27. The maximum Gasteiger partial charge on any atom is 0.229 e. The Hall–Kier alpha value is -1.13. The average molecular weight is 254 g/mol. The molecule has 2 rings (SSSR count). The second-order valence-electron chi connectivity index (χ2n) is 4.40. The Kier molecular flexibility index (Phi) is 3.97. The van der Waals surface area contributed by atoms with Crippen LogP contribution in [0.25, 0.3) is 0 Å². The number of amides is 1. The predicted molar refractivity (Wildman–Crippen MR) is 67.8 cm³/mol. The minimum absolute atomic E-state index is 0.0424. The highest BCUT2D eigenvalue weighted by Crippen LogP contribution is 2.26. The number of carbonyl (C=O) groups is 1. The highest BCUT2D eigenvalue weighted by atomic mass is 35.5. The standard InChI is InChI=1S/C12H16ClN3O/c13-9-5-6-15-7-11(9)16-12(17)8-3-1-2-4-10(8)14/h5-8,10H,1-4,14H2,(H,16,17). The molecule has 17 heavy (non-hydrogen) atoms. The molecule has 1 aliphatic rings. The van der Waals surface area contributed by atoms with E-state index in [-0.39, 0.29) is 17.9 Å². The van der Waals surface area contributed by atoms with Crippen molar-refractivity contribution in [3.05, 3.63) is 23.5 Å². The summed E-state index contributed by atoms with van der Waals surface area (Å²) in [7, 11) is 0. The number of halogens is 1. The lowest BCUT2D eigenvalue weighted by Crippen LogP contribution is -2.40. The summed E-state index contributed by atoms with van der Waals surface area (Å²) in [5.74, 6) is -0.160. The van der Waals surface area contributed by atoms with Crippen molar-refractivity contribution in [2.75, 3.05) is 5.32 Å². The van der Waals surface area contributed by atoms with E-state index in [2.05, 4.69) is 10.3 Å². The molecule has 2 unspecified atom stereocenters. The summed E-state index contributed by atoms with van der Waals surface area (Å²) in [6, 6.07) is 1.61. The van der Waals surface area contributed by atoms with E-state index < -0.39 is 0 Å². The number of hydrogen-bond donors (Lipinski definition) is 2. The van der Waals surface area contributed by atoms with Crippen LogP contribution in [0.5, 0.6) is 0 Å². The highest BCUT2D eigenvalue weighted by molar-refractivity contribution is 6.33. The van der Waals surface area contributed by atoms with Gasteiger partial charge in [-0.25, -0.2) is 0 Å². The molecule has 0 aliphatic heterocycles. The molecule has 4 nitrogen and oxygen atoms in total. The lowest BCUT2D eigenvalue weighted by atomic mass is 9.84. The Bertz CT molecular complexity index is 410. The Morgan fingerprint density at radius 1 is 1.47 bits per heavy atom. The maximum atomic E-state index is 12.1. The lowest BCUT2D eigenvalue weighted by molar-refractivity contribution is -0.121.